The zero-order chi connectivity index (χ0) is 19.1. The van der Waals surface area contributed by atoms with Crippen molar-refractivity contribution in [3.8, 4) is 23.6 Å². The standard InChI is InChI=1S/C17H17N7O2/c1-24(2)17-22-15(21-16(20)23-17)12(10-19)8-11-4-5-13(26-7-6-18)14(9-11)25-3/h4-5,8-9H,7H2,1-3H3,(H2,20,21,22,23)/b12-8+. The number of methoxy groups -OCH3 is 1. The molecule has 9 nitrogen and oxygen atoms in total. The maximum Gasteiger partial charge on any atom is 0.230 e. The Morgan fingerprint density at radius 1 is 1.23 bits per heavy atom. The Bertz CT molecular complexity index is 910. The number of aromatic nitrogens is 3. The van der Waals surface area contributed by atoms with E-state index in [1.807, 2.05) is 6.07 Å². The fraction of sp³-hybridized carbons (Fsp3) is 0.235. The molecule has 0 aliphatic carbocycles. The van der Waals surface area contributed by atoms with Crippen molar-refractivity contribution < 1.29 is 9.47 Å². The molecule has 9 heteroatoms. The number of allylic oxidation sites excluding steroid dienone is 1. The first kappa shape index (κ1) is 18.5. The van der Waals surface area contributed by atoms with Crippen LogP contribution in [-0.2, 0) is 0 Å². The molecule has 2 aromatic rings. The Balaban J connectivity index is 2.44. The highest BCUT2D eigenvalue weighted by Gasteiger charge is 2.12. The molecule has 0 spiro atoms. The van der Waals surface area contributed by atoms with Crippen molar-refractivity contribution in [3.05, 3.63) is 29.6 Å². The first-order valence-corrected chi connectivity index (χ1v) is 7.47. The molecule has 2 rings (SSSR count). The number of rotatable bonds is 6. The van der Waals surface area contributed by atoms with Crippen LogP contribution >= 0.6 is 0 Å². The first-order valence-electron chi connectivity index (χ1n) is 7.47. The van der Waals surface area contributed by atoms with Crippen LogP contribution in [0.2, 0.25) is 0 Å². The second kappa shape index (κ2) is 8.31. The van der Waals surface area contributed by atoms with Gasteiger partial charge in [0.2, 0.25) is 11.9 Å². The van der Waals surface area contributed by atoms with Gasteiger partial charge in [0.1, 0.15) is 12.1 Å². The summed E-state index contributed by atoms with van der Waals surface area (Å²) >= 11 is 0. The number of hydrogen-bond donors (Lipinski definition) is 1. The second-order valence-corrected chi connectivity index (χ2v) is 5.24. The maximum absolute atomic E-state index is 9.49. The number of nitrogen functional groups attached to an aromatic ring is 1. The summed E-state index contributed by atoms with van der Waals surface area (Å²) < 4.78 is 10.5. The van der Waals surface area contributed by atoms with Gasteiger partial charge in [-0.15, -0.1) is 0 Å². The smallest absolute Gasteiger partial charge is 0.230 e. The predicted molar refractivity (Wildman–Crippen MR) is 96.2 cm³/mol. The lowest BCUT2D eigenvalue weighted by atomic mass is 10.1. The average molecular weight is 351 g/mol. The SMILES string of the molecule is COc1cc(/C=C(\C#N)c2nc(N)nc(N(C)C)n2)ccc1OCC#N. The lowest BCUT2D eigenvalue weighted by Gasteiger charge is -2.11. The molecular weight excluding hydrogens is 334 g/mol. The molecular formula is C17H17N7O2. The monoisotopic (exact) mass is 351 g/mol. The van der Waals surface area contributed by atoms with Crippen LogP contribution in [0.5, 0.6) is 11.5 Å². The fourth-order valence-electron chi connectivity index (χ4n) is 2.02. The molecule has 0 aliphatic heterocycles. The zero-order valence-electron chi connectivity index (χ0n) is 14.6. The average Bonchev–Trinajstić information content (AvgIpc) is 2.64. The summed E-state index contributed by atoms with van der Waals surface area (Å²) in [5.41, 5.74) is 6.60. The summed E-state index contributed by atoms with van der Waals surface area (Å²) in [4.78, 5) is 13.9. The highest BCUT2D eigenvalue weighted by molar-refractivity contribution is 5.87. The van der Waals surface area contributed by atoms with Crippen molar-refractivity contribution in [3.63, 3.8) is 0 Å². The Labute approximate surface area is 150 Å². The molecule has 0 aliphatic rings. The van der Waals surface area contributed by atoms with Gasteiger partial charge >= 0.3 is 0 Å². The van der Waals surface area contributed by atoms with Gasteiger partial charge < -0.3 is 20.1 Å². The quantitative estimate of drug-likeness (QED) is 0.768. The number of nitriles is 2. The second-order valence-electron chi connectivity index (χ2n) is 5.24. The predicted octanol–water partition coefficient (Wildman–Crippen LogP) is 1.49. The van der Waals surface area contributed by atoms with Gasteiger partial charge in [0.15, 0.2) is 23.9 Å². The van der Waals surface area contributed by atoms with E-state index in [1.165, 1.54) is 7.11 Å². The van der Waals surface area contributed by atoms with E-state index in [-0.39, 0.29) is 24.0 Å². The van der Waals surface area contributed by atoms with E-state index in [0.29, 0.717) is 23.0 Å². The minimum Gasteiger partial charge on any atom is -0.493 e. The largest absolute Gasteiger partial charge is 0.493 e. The van der Waals surface area contributed by atoms with Crippen LogP contribution < -0.4 is 20.1 Å². The van der Waals surface area contributed by atoms with Crippen molar-refractivity contribution >= 4 is 23.5 Å². The number of ether oxygens (including phenoxy) is 2. The van der Waals surface area contributed by atoms with E-state index in [9.17, 15) is 5.26 Å². The van der Waals surface area contributed by atoms with Crippen LogP contribution in [0, 0.1) is 22.7 Å². The van der Waals surface area contributed by atoms with E-state index in [0.717, 1.165) is 0 Å². The lowest BCUT2D eigenvalue weighted by molar-refractivity contribution is 0.329. The zero-order valence-corrected chi connectivity index (χ0v) is 14.6. The minimum atomic E-state index is -0.0908. The molecule has 0 saturated heterocycles. The van der Waals surface area contributed by atoms with Crippen molar-refractivity contribution in [2.45, 2.75) is 0 Å². The van der Waals surface area contributed by atoms with Gasteiger partial charge in [0.05, 0.1) is 12.7 Å². The lowest BCUT2D eigenvalue weighted by Crippen LogP contribution is -2.15. The van der Waals surface area contributed by atoms with Crippen LogP contribution in [0.25, 0.3) is 11.6 Å². The van der Waals surface area contributed by atoms with E-state index in [1.54, 1.807) is 43.3 Å². The third-order valence-corrected chi connectivity index (χ3v) is 3.19. The summed E-state index contributed by atoms with van der Waals surface area (Å²) in [5.74, 6) is 1.43. The Morgan fingerprint density at radius 3 is 2.62 bits per heavy atom. The molecule has 132 valence electrons. The van der Waals surface area contributed by atoms with Crippen LogP contribution in [0.3, 0.4) is 0 Å². The highest BCUT2D eigenvalue weighted by atomic mass is 16.5. The van der Waals surface area contributed by atoms with E-state index in [2.05, 4.69) is 21.0 Å². The summed E-state index contributed by atoms with van der Waals surface area (Å²) in [5, 5.41) is 18.1. The van der Waals surface area contributed by atoms with E-state index in [4.69, 9.17) is 20.5 Å². The Morgan fingerprint density at radius 2 is 2.00 bits per heavy atom. The summed E-state index contributed by atoms with van der Waals surface area (Å²) in [6.45, 7) is -0.0908. The van der Waals surface area contributed by atoms with Gasteiger partial charge in [0, 0.05) is 14.1 Å². The van der Waals surface area contributed by atoms with Gasteiger partial charge in [-0.3, -0.25) is 0 Å². The number of nitrogens with two attached hydrogens (primary N) is 1. The molecule has 2 N–H and O–H groups in total. The fourth-order valence-corrected chi connectivity index (χ4v) is 2.02. The Kier molecular flexibility index (Phi) is 5.91. The normalized spacial score (nSPS) is 10.6. The highest BCUT2D eigenvalue weighted by Crippen LogP contribution is 2.29. The van der Waals surface area contributed by atoms with Gasteiger partial charge in [-0.25, -0.2) is 0 Å². The number of anilines is 2. The number of hydrogen-bond acceptors (Lipinski definition) is 9. The van der Waals surface area contributed by atoms with E-state index >= 15 is 0 Å². The molecule has 0 saturated carbocycles. The van der Waals surface area contributed by atoms with Crippen molar-refractivity contribution in [2.24, 2.45) is 0 Å². The molecule has 0 amide bonds. The third kappa shape index (κ3) is 4.36. The molecule has 0 fully saturated rings. The molecule has 0 atom stereocenters. The minimum absolute atomic E-state index is 0.0256. The molecule has 0 unspecified atom stereocenters. The first-order chi connectivity index (χ1) is 12.5. The van der Waals surface area contributed by atoms with Crippen LogP contribution in [0.4, 0.5) is 11.9 Å². The van der Waals surface area contributed by atoms with Gasteiger partial charge in [-0.2, -0.15) is 25.5 Å². The third-order valence-electron chi connectivity index (χ3n) is 3.19. The number of nitrogens with zero attached hydrogens (tertiary/aromatic N) is 6. The van der Waals surface area contributed by atoms with Crippen molar-refractivity contribution in [1.82, 2.24) is 15.0 Å². The van der Waals surface area contributed by atoms with Crippen molar-refractivity contribution in [1.29, 1.82) is 10.5 Å². The topological polar surface area (TPSA) is 134 Å². The molecule has 0 bridgehead atoms. The van der Waals surface area contributed by atoms with Gasteiger partial charge in [-0.1, -0.05) is 6.07 Å². The number of benzene rings is 1. The molecule has 1 aromatic carbocycles. The maximum atomic E-state index is 9.49. The van der Waals surface area contributed by atoms with Crippen molar-refractivity contribution in [2.75, 3.05) is 38.4 Å². The summed E-state index contributed by atoms with van der Waals surface area (Å²) in [6, 6.07) is 9.02. The van der Waals surface area contributed by atoms with Gasteiger partial charge in [-0.05, 0) is 23.8 Å². The molecule has 26 heavy (non-hydrogen) atoms. The van der Waals surface area contributed by atoms with E-state index < -0.39 is 0 Å². The summed E-state index contributed by atoms with van der Waals surface area (Å²) in [6.07, 6.45) is 1.60. The molecule has 1 heterocycles. The Hall–Kier alpha value is -3.85. The molecule has 1 aromatic heterocycles. The van der Waals surface area contributed by atoms with Crippen LogP contribution in [0.1, 0.15) is 11.4 Å². The van der Waals surface area contributed by atoms with Crippen LogP contribution in [0.15, 0.2) is 18.2 Å². The van der Waals surface area contributed by atoms with Crippen LogP contribution in [-0.4, -0.2) is 42.8 Å². The van der Waals surface area contributed by atoms with Gasteiger partial charge in [0.25, 0.3) is 0 Å². The molecule has 0 radical (unpaired) electrons. The summed E-state index contributed by atoms with van der Waals surface area (Å²) in [7, 11) is 5.02.